The first-order chi connectivity index (χ1) is 6.25. The van der Waals surface area contributed by atoms with Crippen molar-refractivity contribution >= 4 is 22.6 Å². The summed E-state index contributed by atoms with van der Waals surface area (Å²) in [5, 5.41) is 0. The van der Waals surface area contributed by atoms with Crippen molar-refractivity contribution in [2.24, 2.45) is 5.92 Å². The summed E-state index contributed by atoms with van der Waals surface area (Å²) in [5.74, 6) is 1.51. The summed E-state index contributed by atoms with van der Waals surface area (Å²) in [6.07, 6.45) is 4.78. The van der Waals surface area contributed by atoms with Crippen LogP contribution in [0.3, 0.4) is 0 Å². The number of hydrogen-bond acceptors (Lipinski definition) is 2. The molecule has 1 aromatic rings. The Morgan fingerprint density at radius 1 is 1.54 bits per heavy atom. The van der Waals surface area contributed by atoms with E-state index in [4.69, 9.17) is 4.74 Å². The molecule has 0 saturated heterocycles. The fourth-order valence-electron chi connectivity index (χ4n) is 1.28. The largest absolute Gasteiger partial charge is 0.474 e. The monoisotopic (exact) mass is 289 g/mol. The summed E-state index contributed by atoms with van der Waals surface area (Å²) in [6.45, 7) is 2.12. The van der Waals surface area contributed by atoms with E-state index < -0.39 is 0 Å². The number of aromatic nitrogens is 1. The molecular weight excluding hydrogens is 277 g/mol. The molecular formula is C10H12INO. The molecule has 70 valence electrons. The van der Waals surface area contributed by atoms with Crippen LogP contribution in [0.2, 0.25) is 0 Å². The molecule has 1 aliphatic rings. The molecule has 1 aromatic heterocycles. The molecule has 1 heterocycles. The van der Waals surface area contributed by atoms with E-state index in [1.807, 2.05) is 18.3 Å². The number of pyridine rings is 1. The minimum Gasteiger partial charge on any atom is -0.474 e. The Hall–Kier alpha value is -0.320. The molecule has 0 aliphatic heterocycles. The van der Waals surface area contributed by atoms with E-state index in [-0.39, 0.29) is 0 Å². The third-order valence-corrected chi connectivity index (χ3v) is 2.93. The van der Waals surface area contributed by atoms with Crippen molar-refractivity contribution in [1.29, 1.82) is 0 Å². The predicted molar refractivity (Wildman–Crippen MR) is 59.8 cm³/mol. The predicted octanol–water partition coefficient (Wildman–Crippen LogP) is 2.86. The van der Waals surface area contributed by atoms with Crippen LogP contribution in [0.4, 0.5) is 0 Å². The van der Waals surface area contributed by atoms with Crippen molar-refractivity contribution in [3.05, 3.63) is 21.9 Å². The van der Waals surface area contributed by atoms with Gasteiger partial charge in [0.15, 0.2) is 0 Å². The summed E-state index contributed by atoms with van der Waals surface area (Å²) in [5.41, 5.74) is 0. The standard InChI is InChI=1S/C10H12INO/c1-7(8-2-3-8)13-10-5-4-9(11)6-12-10/h4-8H,2-3H2,1H3. The lowest BCUT2D eigenvalue weighted by molar-refractivity contribution is 0.190. The summed E-state index contributed by atoms with van der Waals surface area (Å²) < 4.78 is 6.82. The zero-order valence-electron chi connectivity index (χ0n) is 7.53. The summed E-state index contributed by atoms with van der Waals surface area (Å²) in [4.78, 5) is 4.20. The third-order valence-electron chi connectivity index (χ3n) is 2.29. The van der Waals surface area contributed by atoms with Gasteiger partial charge in [0.2, 0.25) is 5.88 Å². The van der Waals surface area contributed by atoms with Crippen LogP contribution in [0.15, 0.2) is 18.3 Å². The van der Waals surface area contributed by atoms with Crippen LogP contribution in [-0.4, -0.2) is 11.1 Å². The van der Waals surface area contributed by atoms with E-state index >= 15 is 0 Å². The summed E-state index contributed by atoms with van der Waals surface area (Å²) in [6, 6.07) is 3.95. The minimum atomic E-state index is 0.326. The highest BCUT2D eigenvalue weighted by Gasteiger charge is 2.29. The van der Waals surface area contributed by atoms with Gasteiger partial charge in [-0.15, -0.1) is 0 Å². The van der Waals surface area contributed by atoms with Crippen molar-refractivity contribution in [2.45, 2.75) is 25.9 Å². The molecule has 2 nitrogen and oxygen atoms in total. The van der Waals surface area contributed by atoms with Crippen LogP contribution in [-0.2, 0) is 0 Å². The van der Waals surface area contributed by atoms with Gasteiger partial charge in [0.25, 0.3) is 0 Å². The van der Waals surface area contributed by atoms with Crippen LogP contribution in [0.25, 0.3) is 0 Å². The zero-order valence-corrected chi connectivity index (χ0v) is 9.69. The average molecular weight is 289 g/mol. The van der Waals surface area contributed by atoms with Crippen LogP contribution < -0.4 is 4.74 Å². The first-order valence-corrected chi connectivity index (χ1v) is 5.62. The maximum absolute atomic E-state index is 5.68. The van der Waals surface area contributed by atoms with E-state index in [0.717, 1.165) is 15.4 Å². The molecule has 0 amide bonds. The van der Waals surface area contributed by atoms with Crippen molar-refractivity contribution in [2.75, 3.05) is 0 Å². The smallest absolute Gasteiger partial charge is 0.213 e. The highest BCUT2D eigenvalue weighted by atomic mass is 127. The van der Waals surface area contributed by atoms with Gasteiger partial charge in [0.05, 0.1) is 0 Å². The van der Waals surface area contributed by atoms with Gasteiger partial charge in [0.1, 0.15) is 6.10 Å². The second-order valence-electron chi connectivity index (χ2n) is 3.48. The molecule has 1 fully saturated rings. The van der Waals surface area contributed by atoms with Crippen molar-refractivity contribution in [3.8, 4) is 5.88 Å². The van der Waals surface area contributed by atoms with E-state index in [1.165, 1.54) is 12.8 Å². The lowest BCUT2D eigenvalue weighted by Crippen LogP contribution is -2.14. The maximum Gasteiger partial charge on any atom is 0.213 e. The number of hydrogen-bond donors (Lipinski definition) is 0. The highest BCUT2D eigenvalue weighted by molar-refractivity contribution is 14.1. The average Bonchev–Trinajstić information content (AvgIpc) is 2.91. The Balaban J connectivity index is 1.96. The van der Waals surface area contributed by atoms with E-state index in [1.54, 1.807) is 0 Å². The van der Waals surface area contributed by atoms with Gasteiger partial charge in [-0.1, -0.05) is 0 Å². The molecule has 0 aromatic carbocycles. The normalized spacial score (nSPS) is 18.3. The van der Waals surface area contributed by atoms with Crippen molar-refractivity contribution in [3.63, 3.8) is 0 Å². The minimum absolute atomic E-state index is 0.326. The number of halogens is 1. The fraction of sp³-hybridized carbons (Fsp3) is 0.500. The summed E-state index contributed by atoms with van der Waals surface area (Å²) >= 11 is 2.24. The third kappa shape index (κ3) is 2.56. The first-order valence-electron chi connectivity index (χ1n) is 4.54. The molecule has 0 bridgehead atoms. The molecule has 13 heavy (non-hydrogen) atoms. The Labute approximate surface area is 91.8 Å². The second kappa shape index (κ2) is 3.82. The topological polar surface area (TPSA) is 22.1 Å². The Morgan fingerprint density at radius 2 is 2.31 bits per heavy atom. The Kier molecular flexibility index (Phi) is 2.71. The quantitative estimate of drug-likeness (QED) is 0.798. The summed E-state index contributed by atoms with van der Waals surface area (Å²) in [7, 11) is 0. The maximum atomic E-state index is 5.68. The number of nitrogens with zero attached hydrogens (tertiary/aromatic N) is 1. The van der Waals surface area contributed by atoms with Gasteiger partial charge < -0.3 is 4.74 Å². The molecule has 0 spiro atoms. The van der Waals surface area contributed by atoms with E-state index in [2.05, 4.69) is 34.5 Å². The van der Waals surface area contributed by atoms with E-state index in [0.29, 0.717) is 6.10 Å². The highest BCUT2D eigenvalue weighted by Crippen LogP contribution is 2.34. The van der Waals surface area contributed by atoms with Crippen LogP contribution in [0.1, 0.15) is 19.8 Å². The molecule has 1 atom stereocenters. The SMILES string of the molecule is CC(Oc1ccc(I)cn1)C1CC1. The zero-order chi connectivity index (χ0) is 9.26. The molecule has 1 aliphatic carbocycles. The van der Waals surface area contributed by atoms with Gasteiger partial charge in [-0.2, -0.15) is 0 Å². The lowest BCUT2D eigenvalue weighted by atomic mass is 10.3. The van der Waals surface area contributed by atoms with Gasteiger partial charge in [-0.05, 0) is 54.3 Å². The van der Waals surface area contributed by atoms with Gasteiger partial charge in [-0.3, -0.25) is 0 Å². The van der Waals surface area contributed by atoms with Crippen LogP contribution in [0.5, 0.6) is 5.88 Å². The van der Waals surface area contributed by atoms with Crippen LogP contribution in [0, 0.1) is 9.49 Å². The fourth-order valence-corrected chi connectivity index (χ4v) is 1.60. The van der Waals surface area contributed by atoms with Gasteiger partial charge >= 0.3 is 0 Å². The molecule has 0 radical (unpaired) electrons. The second-order valence-corrected chi connectivity index (χ2v) is 4.72. The molecule has 1 unspecified atom stereocenters. The Morgan fingerprint density at radius 3 is 2.85 bits per heavy atom. The van der Waals surface area contributed by atoms with Gasteiger partial charge in [0, 0.05) is 15.8 Å². The van der Waals surface area contributed by atoms with Gasteiger partial charge in [-0.25, -0.2) is 4.98 Å². The Bertz CT molecular complexity index is 281. The molecule has 0 N–H and O–H groups in total. The van der Waals surface area contributed by atoms with E-state index in [9.17, 15) is 0 Å². The van der Waals surface area contributed by atoms with Crippen molar-refractivity contribution in [1.82, 2.24) is 4.98 Å². The molecule has 3 heteroatoms. The number of rotatable bonds is 3. The first kappa shape index (κ1) is 9.24. The lowest BCUT2D eigenvalue weighted by Gasteiger charge is -2.12. The van der Waals surface area contributed by atoms with Crippen LogP contribution >= 0.6 is 22.6 Å². The van der Waals surface area contributed by atoms with Crippen molar-refractivity contribution < 1.29 is 4.74 Å². The molecule has 1 saturated carbocycles. The number of ether oxygens (including phenoxy) is 1. The molecule has 2 rings (SSSR count).